The molecule has 0 aliphatic carbocycles. The summed E-state index contributed by atoms with van der Waals surface area (Å²) in [5, 5.41) is 2.53. The zero-order valence-electron chi connectivity index (χ0n) is 14.0. The van der Waals surface area contributed by atoms with Crippen molar-refractivity contribution in [2.45, 2.75) is 6.92 Å². The summed E-state index contributed by atoms with van der Waals surface area (Å²) in [4.78, 5) is 48.4. The van der Waals surface area contributed by atoms with Crippen LogP contribution in [0, 0.1) is 0 Å². The van der Waals surface area contributed by atoms with Crippen LogP contribution in [0.4, 0.5) is 4.79 Å². The molecule has 0 spiro atoms. The van der Waals surface area contributed by atoms with Gasteiger partial charge in [-0.2, -0.15) is 0 Å². The van der Waals surface area contributed by atoms with Gasteiger partial charge in [0.15, 0.2) is 11.5 Å². The molecule has 0 aromatic heterocycles. The average molecular weight is 349 g/mol. The van der Waals surface area contributed by atoms with E-state index in [9.17, 15) is 19.2 Å². The summed E-state index contributed by atoms with van der Waals surface area (Å²) in [5.74, 6) is -1.36. The fourth-order valence-corrected chi connectivity index (χ4v) is 2.26. The lowest BCUT2D eigenvalue weighted by atomic mass is 10.3. The predicted molar refractivity (Wildman–Crippen MR) is 86.0 cm³/mol. The Kier molecular flexibility index (Phi) is 5.93. The molecule has 0 saturated carbocycles. The molecule has 1 aromatic rings. The molecule has 0 bridgehead atoms. The number of hydrogen-bond acceptors (Lipinski definition) is 6. The molecule has 2 rings (SSSR count). The van der Waals surface area contributed by atoms with Gasteiger partial charge < -0.3 is 14.8 Å². The number of nitrogens with zero attached hydrogens (tertiary/aromatic N) is 2. The third-order valence-electron chi connectivity index (χ3n) is 3.50. The van der Waals surface area contributed by atoms with E-state index in [0.29, 0.717) is 16.4 Å². The average Bonchev–Trinajstić information content (AvgIpc) is 2.82. The van der Waals surface area contributed by atoms with E-state index in [-0.39, 0.29) is 19.7 Å². The van der Waals surface area contributed by atoms with Crippen molar-refractivity contribution < 1.29 is 28.7 Å². The van der Waals surface area contributed by atoms with Gasteiger partial charge in [-0.15, -0.1) is 0 Å². The number of benzene rings is 1. The van der Waals surface area contributed by atoms with E-state index >= 15 is 0 Å². The summed E-state index contributed by atoms with van der Waals surface area (Å²) in [6.45, 7) is 1.48. The number of hydrogen-bond donors (Lipinski definition) is 1. The first-order chi connectivity index (χ1) is 12.0. The molecule has 1 heterocycles. The standard InChI is InChI=1S/C16H19N3O6/c1-3-18-14(21)15(22)19(16(18)23)10-13(20)17-8-9-25-12-7-5-4-6-11(12)24-2/h4-7H,3,8-10H2,1-2H3,(H,17,20). The molecule has 0 radical (unpaired) electrons. The number of amides is 5. The molecule has 1 aliphatic heterocycles. The summed E-state index contributed by atoms with van der Waals surface area (Å²) in [6.07, 6.45) is 0. The van der Waals surface area contributed by atoms with Crippen molar-refractivity contribution in [3.05, 3.63) is 24.3 Å². The third-order valence-corrected chi connectivity index (χ3v) is 3.50. The highest BCUT2D eigenvalue weighted by Gasteiger charge is 2.44. The molecule has 1 fully saturated rings. The van der Waals surface area contributed by atoms with Gasteiger partial charge in [-0.05, 0) is 19.1 Å². The number of para-hydroxylation sites is 2. The highest BCUT2D eigenvalue weighted by atomic mass is 16.5. The maximum absolute atomic E-state index is 11.9. The van der Waals surface area contributed by atoms with Crippen LogP contribution in [0.1, 0.15) is 6.92 Å². The van der Waals surface area contributed by atoms with Crippen molar-refractivity contribution in [2.75, 3.05) is 33.4 Å². The topological polar surface area (TPSA) is 105 Å². The fraction of sp³-hybridized carbons (Fsp3) is 0.375. The van der Waals surface area contributed by atoms with Gasteiger partial charge in [0, 0.05) is 6.54 Å². The minimum Gasteiger partial charge on any atom is -0.493 e. The first kappa shape index (κ1) is 18.2. The monoisotopic (exact) mass is 349 g/mol. The highest BCUT2D eigenvalue weighted by molar-refractivity contribution is 6.45. The Hall–Kier alpha value is -3.10. The van der Waals surface area contributed by atoms with Gasteiger partial charge in [-0.25, -0.2) is 9.69 Å². The Labute approximate surface area is 144 Å². The maximum Gasteiger partial charge on any atom is 0.334 e. The summed E-state index contributed by atoms with van der Waals surface area (Å²) in [7, 11) is 1.52. The number of carbonyl (C=O) groups excluding carboxylic acids is 4. The quantitative estimate of drug-likeness (QED) is 0.402. The molecular formula is C16H19N3O6. The van der Waals surface area contributed by atoms with Crippen LogP contribution in [0.2, 0.25) is 0 Å². The van der Waals surface area contributed by atoms with Crippen molar-refractivity contribution >= 4 is 23.8 Å². The number of nitrogens with one attached hydrogen (secondary N) is 1. The Morgan fingerprint density at radius 2 is 1.72 bits per heavy atom. The molecule has 1 aliphatic rings. The van der Waals surface area contributed by atoms with Gasteiger partial charge in [0.25, 0.3) is 0 Å². The van der Waals surface area contributed by atoms with E-state index in [4.69, 9.17) is 9.47 Å². The predicted octanol–water partition coefficient (Wildman–Crippen LogP) is 0.000900. The molecule has 0 unspecified atom stereocenters. The van der Waals surface area contributed by atoms with Crippen molar-refractivity contribution in [2.24, 2.45) is 0 Å². The van der Waals surface area contributed by atoms with Crippen LogP contribution in [-0.2, 0) is 14.4 Å². The van der Waals surface area contributed by atoms with Crippen LogP contribution in [0.3, 0.4) is 0 Å². The van der Waals surface area contributed by atoms with E-state index in [0.717, 1.165) is 4.90 Å². The SMILES string of the molecule is CCN1C(=O)C(=O)N(CC(=O)NCCOc2ccccc2OC)C1=O. The summed E-state index contributed by atoms with van der Waals surface area (Å²) >= 11 is 0. The van der Waals surface area contributed by atoms with Gasteiger partial charge in [0.1, 0.15) is 13.2 Å². The van der Waals surface area contributed by atoms with Crippen LogP contribution in [0.5, 0.6) is 11.5 Å². The van der Waals surface area contributed by atoms with Crippen LogP contribution in [0.25, 0.3) is 0 Å². The number of methoxy groups -OCH3 is 1. The molecule has 5 amide bonds. The Balaban J connectivity index is 1.79. The van der Waals surface area contributed by atoms with Crippen LogP contribution < -0.4 is 14.8 Å². The normalized spacial score (nSPS) is 14.1. The van der Waals surface area contributed by atoms with Crippen LogP contribution >= 0.6 is 0 Å². The Morgan fingerprint density at radius 1 is 1.08 bits per heavy atom. The maximum atomic E-state index is 11.9. The number of carbonyl (C=O) groups is 4. The molecule has 9 nitrogen and oxygen atoms in total. The minimum absolute atomic E-state index is 0.0777. The van der Waals surface area contributed by atoms with E-state index in [1.165, 1.54) is 7.11 Å². The lowest BCUT2D eigenvalue weighted by Gasteiger charge is -2.14. The van der Waals surface area contributed by atoms with Crippen molar-refractivity contribution in [3.8, 4) is 11.5 Å². The molecular weight excluding hydrogens is 330 g/mol. The van der Waals surface area contributed by atoms with E-state index in [1.807, 2.05) is 0 Å². The second kappa shape index (κ2) is 8.13. The zero-order chi connectivity index (χ0) is 18.4. The second-order valence-electron chi connectivity index (χ2n) is 5.07. The zero-order valence-corrected chi connectivity index (χ0v) is 14.0. The Bertz CT molecular complexity index is 690. The van der Waals surface area contributed by atoms with E-state index in [2.05, 4.69) is 5.32 Å². The Morgan fingerprint density at radius 3 is 2.32 bits per heavy atom. The van der Waals surface area contributed by atoms with Gasteiger partial charge in [-0.1, -0.05) is 12.1 Å². The third kappa shape index (κ3) is 4.06. The van der Waals surface area contributed by atoms with Gasteiger partial charge >= 0.3 is 17.8 Å². The number of rotatable bonds is 8. The molecule has 9 heteroatoms. The molecule has 25 heavy (non-hydrogen) atoms. The largest absolute Gasteiger partial charge is 0.493 e. The number of ether oxygens (including phenoxy) is 2. The second-order valence-corrected chi connectivity index (χ2v) is 5.07. The lowest BCUT2D eigenvalue weighted by molar-refractivity contribution is -0.143. The summed E-state index contributed by atoms with van der Waals surface area (Å²) in [5.41, 5.74) is 0. The van der Waals surface area contributed by atoms with Crippen molar-refractivity contribution in [3.63, 3.8) is 0 Å². The van der Waals surface area contributed by atoms with E-state index in [1.54, 1.807) is 31.2 Å². The molecule has 1 saturated heterocycles. The molecule has 0 atom stereocenters. The molecule has 134 valence electrons. The van der Waals surface area contributed by atoms with Crippen LogP contribution in [-0.4, -0.2) is 66.9 Å². The van der Waals surface area contributed by atoms with Gasteiger partial charge in [-0.3, -0.25) is 19.3 Å². The van der Waals surface area contributed by atoms with E-state index < -0.39 is 30.3 Å². The highest BCUT2D eigenvalue weighted by Crippen LogP contribution is 2.25. The van der Waals surface area contributed by atoms with Crippen molar-refractivity contribution in [1.82, 2.24) is 15.1 Å². The lowest BCUT2D eigenvalue weighted by Crippen LogP contribution is -2.42. The smallest absolute Gasteiger partial charge is 0.334 e. The van der Waals surface area contributed by atoms with Crippen molar-refractivity contribution in [1.29, 1.82) is 0 Å². The fourth-order valence-electron chi connectivity index (χ4n) is 2.26. The van der Waals surface area contributed by atoms with Gasteiger partial charge in [0.2, 0.25) is 5.91 Å². The number of urea groups is 1. The molecule has 1 N–H and O–H groups in total. The summed E-state index contributed by atoms with van der Waals surface area (Å²) < 4.78 is 10.6. The van der Waals surface area contributed by atoms with Crippen LogP contribution in [0.15, 0.2) is 24.3 Å². The number of likely N-dealkylation sites (N-methyl/N-ethyl adjacent to an activating group) is 1. The summed E-state index contributed by atoms with van der Waals surface area (Å²) in [6, 6.07) is 6.29. The van der Waals surface area contributed by atoms with Gasteiger partial charge in [0.05, 0.1) is 13.7 Å². The first-order valence-corrected chi connectivity index (χ1v) is 7.69. The molecule has 1 aromatic carbocycles. The minimum atomic E-state index is -0.993. The number of imide groups is 2. The first-order valence-electron chi connectivity index (χ1n) is 7.69.